The topological polar surface area (TPSA) is 48.0 Å². The molecule has 1 aliphatic heterocycles. The van der Waals surface area contributed by atoms with E-state index in [1.807, 2.05) is 30.3 Å². The van der Waals surface area contributed by atoms with Crippen molar-refractivity contribution in [3.05, 3.63) is 59.4 Å². The van der Waals surface area contributed by atoms with Crippen molar-refractivity contribution < 1.29 is 23.4 Å². The maximum absolute atomic E-state index is 13.1. The van der Waals surface area contributed by atoms with Crippen LogP contribution in [0.2, 0.25) is 0 Å². The Labute approximate surface area is 196 Å². The van der Waals surface area contributed by atoms with Gasteiger partial charge in [0.15, 0.2) is 11.5 Å². The van der Waals surface area contributed by atoms with Crippen molar-refractivity contribution in [2.24, 2.45) is 5.92 Å². The molecule has 0 spiro atoms. The van der Waals surface area contributed by atoms with E-state index in [0.717, 1.165) is 62.9 Å². The molecule has 0 aromatic heterocycles. The van der Waals surface area contributed by atoms with Crippen molar-refractivity contribution in [1.29, 1.82) is 0 Å². The molecular weight excluding hydrogens is 421 g/mol. The molecule has 0 N–H and O–H groups in total. The van der Waals surface area contributed by atoms with Gasteiger partial charge >= 0.3 is 5.97 Å². The third-order valence-corrected chi connectivity index (χ3v) is 6.42. The number of nitrogens with zero attached hydrogens (tertiary/aromatic N) is 1. The molecule has 180 valence electrons. The minimum absolute atomic E-state index is 0.162. The molecule has 2 aromatic rings. The number of methoxy groups -OCH3 is 2. The predicted molar refractivity (Wildman–Crippen MR) is 127 cm³/mol. The van der Waals surface area contributed by atoms with Gasteiger partial charge in [-0.1, -0.05) is 37.6 Å². The molecule has 1 heterocycles. The Kier molecular flexibility index (Phi) is 9.55. The number of halogens is 1. The molecule has 1 saturated heterocycles. The average molecular weight is 458 g/mol. The Morgan fingerprint density at radius 3 is 2.45 bits per heavy atom. The van der Waals surface area contributed by atoms with Crippen LogP contribution in [0.1, 0.15) is 56.3 Å². The highest BCUT2D eigenvalue weighted by molar-refractivity contribution is 5.70. The van der Waals surface area contributed by atoms with Crippen molar-refractivity contribution in [3.63, 3.8) is 0 Å². The first-order valence-corrected chi connectivity index (χ1v) is 11.9. The van der Waals surface area contributed by atoms with E-state index in [4.69, 9.17) is 14.2 Å². The fraction of sp³-hybridized carbons (Fsp3) is 0.519. The predicted octanol–water partition coefficient (Wildman–Crippen LogP) is 5.57. The van der Waals surface area contributed by atoms with E-state index in [1.54, 1.807) is 14.2 Å². The van der Waals surface area contributed by atoms with Gasteiger partial charge < -0.3 is 19.1 Å². The lowest BCUT2D eigenvalue weighted by Crippen LogP contribution is -2.37. The normalized spacial score (nSPS) is 15.8. The lowest BCUT2D eigenvalue weighted by Gasteiger charge is -2.36. The van der Waals surface area contributed by atoms with Gasteiger partial charge in [-0.3, -0.25) is 4.79 Å². The molecule has 3 rings (SSSR count). The zero-order chi connectivity index (χ0) is 23.6. The van der Waals surface area contributed by atoms with Crippen LogP contribution in [0.25, 0.3) is 0 Å². The van der Waals surface area contributed by atoms with E-state index in [-0.39, 0.29) is 23.8 Å². The number of hydrogen-bond acceptors (Lipinski definition) is 5. The van der Waals surface area contributed by atoms with Crippen LogP contribution in [-0.2, 0) is 16.0 Å². The summed E-state index contributed by atoms with van der Waals surface area (Å²) in [6, 6.07) is 12.5. The second kappa shape index (κ2) is 12.6. The van der Waals surface area contributed by atoms with Crippen LogP contribution in [0.15, 0.2) is 42.5 Å². The third kappa shape index (κ3) is 6.94. The molecule has 5 nitrogen and oxygen atoms in total. The molecule has 1 aliphatic rings. The summed E-state index contributed by atoms with van der Waals surface area (Å²) in [7, 11) is 3.23. The molecule has 0 bridgehead atoms. The number of carbonyl (C=O) groups is 1. The SMILES string of the molecule is CCCCC(=O)O[C@@H](c1cccc(OC)c1OC)C1CCN(CCc2ccc(F)cc2)CC1. The number of carbonyl (C=O) groups excluding carboxylic acids is 1. The highest BCUT2D eigenvalue weighted by Gasteiger charge is 2.33. The number of para-hydroxylation sites is 1. The Bertz CT molecular complexity index is 878. The van der Waals surface area contributed by atoms with Crippen LogP contribution in [-0.4, -0.2) is 44.7 Å². The van der Waals surface area contributed by atoms with E-state index in [2.05, 4.69) is 11.8 Å². The summed E-state index contributed by atoms with van der Waals surface area (Å²) in [5.74, 6) is 1.12. The Balaban J connectivity index is 1.68. The first-order chi connectivity index (χ1) is 16.0. The zero-order valence-corrected chi connectivity index (χ0v) is 20.0. The second-order valence-corrected chi connectivity index (χ2v) is 8.65. The first kappa shape index (κ1) is 25.0. The van der Waals surface area contributed by atoms with Crippen LogP contribution in [0.3, 0.4) is 0 Å². The fourth-order valence-corrected chi connectivity index (χ4v) is 4.49. The van der Waals surface area contributed by atoms with Gasteiger partial charge in [0.25, 0.3) is 0 Å². The number of piperidine rings is 1. The number of rotatable bonds is 11. The number of ether oxygens (including phenoxy) is 3. The van der Waals surface area contributed by atoms with E-state index in [1.165, 1.54) is 12.1 Å². The molecule has 1 atom stereocenters. The summed E-state index contributed by atoms with van der Waals surface area (Å²) in [5, 5.41) is 0. The van der Waals surface area contributed by atoms with Crippen LogP contribution >= 0.6 is 0 Å². The lowest BCUT2D eigenvalue weighted by molar-refractivity contribution is -0.153. The van der Waals surface area contributed by atoms with Gasteiger partial charge in [-0.15, -0.1) is 0 Å². The molecule has 6 heteroatoms. The number of unbranched alkanes of at least 4 members (excludes halogenated alkanes) is 1. The van der Waals surface area contributed by atoms with Crippen molar-refractivity contribution in [1.82, 2.24) is 4.90 Å². The number of benzene rings is 2. The van der Waals surface area contributed by atoms with E-state index in [9.17, 15) is 9.18 Å². The average Bonchev–Trinajstić information content (AvgIpc) is 2.85. The van der Waals surface area contributed by atoms with Crippen LogP contribution in [0.5, 0.6) is 11.5 Å². The van der Waals surface area contributed by atoms with Crippen LogP contribution in [0, 0.1) is 11.7 Å². The third-order valence-electron chi connectivity index (χ3n) is 6.42. The van der Waals surface area contributed by atoms with Crippen molar-refractivity contribution >= 4 is 5.97 Å². The minimum Gasteiger partial charge on any atom is -0.493 e. The number of hydrogen-bond donors (Lipinski definition) is 0. The van der Waals surface area contributed by atoms with E-state index < -0.39 is 0 Å². The summed E-state index contributed by atoms with van der Waals surface area (Å²) in [4.78, 5) is 15.0. The standard InChI is InChI=1S/C27H36FNO4/c1-4-5-9-25(30)33-26(23-7-6-8-24(31-2)27(23)32-3)21-15-18-29(19-16-21)17-14-20-10-12-22(28)13-11-20/h6-8,10-13,21,26H,4-5,9,14-19H2,1-3H3/t26-/m1/s1. The summed E-state index contributed by atoms with van der Waals surface area (Å²) in [6.45, 7) is 4.86. The maximum atomic E-state index is 13.1. The first-order valence-electron chi connectivity index (χ1n) is 11.9. The monoisotopic (exact) mass is 457 g/mol. The Morgan fingerprint density at radius 2 is 1.82 bits per heavy atom. The van der Waals surface area contributed by atoms with E-state index >= 15 is 0 Å². The number of esters is 1. The summed E-state index contributed by atoms with van der Waals surface area (Å²) >= 11 is 0. The molecule has 0 aliphatic carbocycles. The Morgan fingerprint density at radius 1 is 1.09 bits per heavy atom. The smallest absolute Gasteiger partial charge is 0.306 e. The molecule has 0 saturated carbocycles. The lowest BCUT2D eigenvalue weighted by atomic mass is 9.86. The minimum atomic E-state index is -0.362. The fourth-order valence-electron chi connectivity index (χ4n) is 4.49. The van der Waals surface area contributed by atoms with Crippen LogP contribution in [0.4, 0.5) is 4.39 Å². The Hall–Kier alpha value is -2.60. The maximum Gasteiger partial charge on any atom is 0.306 e. The van der Waals surface area contributed by atoms with Gasteiger partial charge in [-0.2, -0.15) is 0 Å². The van der Waals surface area contributed by atoms with Gasteiger partial charge in [0.1, 0.15) is 11.9 Å². The summed E-state index contributed by atoms with van der Waals surface area (Å²) in [6.07, 6.45) is 4.58. The summed E-state index contributed by atoms with van der Waals surface area (Å²) < 4.78 is 30.4. The quantitative estimate of drug-likeness (QED) is 0.413. The van der Waals surface area contributed by atoms with Crippen molar-refractivity contribution in [2.45, 2.75) is 51.6 Å². The molecule has 0 unspecified atom stereocenters. The highest BCUT2D eigenvalue weighted by Crippen LogP contribution is 2.42. The second-order valence-electron chi connectivity index (χ2n) is 8.65. The van der Waals surface area contributed by atoms with Gasteiger partial charge in [-0.05, 0) is 62.5 Å². The largest absolute Gasteiger partial charge is 0.493 e. The highest BCUT2D eigenvalue weighted by atomic mass is 19.1. The molecular formula is C27H36FNO4. The summed E-state index contributed by atoms with van der Waals surface area (Å²) in [5.41, 5.74) is 2.01. The van der Waals surface area contributed by atoms with Gasteiger partial charge in [0.05, 0.1) is 14.2 Å². The number of likely N-dealkylation sites (tertiary alicyclic amines) is 1. The molecule has 33 heavy (non-hydrogen) atoms. The van der Waals surface area contributed by atoms with Gasteiger partial charge in [-0.25, -0.2) is 4.39 Å². The molecule has 1 fully saturated rings. The van der Waals surface area contributed by atoms with Crippen LogP contribution < -0.4 is 9.47 Å². The molecule has 2 aromatic carbocycles. The van der Waals surface area contributed by atoms with Gasteiger partial charge in [0, 0.05) is 24.4 Å². The zero-order valence-electron chi connectivity index (χ0n) is 20.0. The molecule has 0 amide bonds. The van der Waals surface area contributed by atoms with E-state index in [0.29, 0.717) is 17.9 Å². The van der Waals surface area contributed by atoms with Crippen molar-refractivity contribution in [3.8, 4) is 11.5 Å². The van der Waals surface area contributed by atoms with Gasteiger partial charge in [0.2, 0.25) is 0 Å². The van der Waals surface area contributed by atoms with Crippen molar-refractivity contribution in [2.75, 3.05) is 33.9 Å². The molecule has 0 radical (unpaired) electrons.